The van der Waals surface area contributed by atoms with Crippen LogP contribution >= 0.6 is 0 Å². The van der Waals surface area contributed by atoms with Gasteiger partial charge in [0.1, 0.15) is 5.82 Å². The number of benzene rings is 1. The molecule has 1 aromatic rings. The van der Waals surface area contributed by atoms with E-state index >= 15 is 0 Å². The lowest BCUT2D eigenvalue weighted by Gasteiger charge is -2.08. The van der Waals surface area contributed by atoms with E-state index in [1.165, 1.54) is 12.1 Å². The van der Waals surface area contributed by atoms with Gasteiger partial charge in [0.25, 0.3) is 0 Å². The van der Waals surface area contributed by atoms with Gasteiger partial charge in [-0.1, -0.05) is 0 Å². The molecule has 0 saturated heterocycles. The van der Waals surface area contributed by atoms with Gasteiger partial charge < -0.3 is 10.6 Å². The van der Waals surface area contributed by atoms with E-state index in [2.05, 4.69) is 10.6 Å². The predicted molar refractivity (Wildman–Crippen MR) is 48.8 cm³/mol. The van der Waals surface area contributed by atoms with Gasteiger partial charge in [-0.3, -0.25) is 4.79 Å². The third-order valence-corrected chi connectivity index (χ3v) is 1.65. The van der Waals surface area contributed by atoms with Crippen molar-refractivity contribution in [3.05, 3.63) is 29.6 Å². The van der Waals surface area contributed by atoms with Crippen molar-refractivity contribution >= 4 is 12.1 Å². The third-order valence-electron chi connectivity index (χ3n) is 1.65. The first-order valence-corrected chi connectivity index (χ1v) is 3.91. The lowest BCUT2D eigenvalue weighted by atomic mass is 10.2. The Morgan fingerprint density at radius 2 is 2.31 bits per heavy atom. The van der Waals surface area contributed by atoms with Gasteiger partial charge in [0.2, 0.25) is 6.41 Å². The van der Waals surface area contributed by atoms with E-state index < -0.39 is 0 Å². The fourth-order valence-electron chi connectivity index (χ4n) is 1.01. The van der Waals surface area contributed by atoms with E-state index in [0.29, 0.717) is 13.1 Å². The molecule has 1 amide bonds. The first-order valence-electron chi connectivity index (χ1n) is 3.91. The Balaban J connectivity index is 2.61. The number of carbonyl (C=O) groups excluding carboxylic acids is 1. The van der Waals surface area contributed by atoms with E-state index in [-0.39, 0.29) is 5.82 Å². The minimum atomic E-state index is -0.258. The molecule has 0 aliphatic carbocycles. The zero-order valence-electron chi connectivity index (χ0n) is 7.30. The second-order valence-corrected chi connectivity index (χ2v) is 2.63. The topological polar surface area (TPSA) is 41.1 Å². The summed E-state index contributed by atoms with van der Waals surface area (Å²) in [6.45, 7) is 2.14. The fourth-order valence-corrected chi connectivity index (χ4v) is 1.01. The zero-order chi connectivity index (χ0) is 9.68. The summed E-state index contributed by atoms with van der Waals surface area (Å²) in [7, 11) is 0. The van der Waals surface area contributed by atoms with Crippen molar-refractivity contribution in [3.8, 4) is 0 Å². The number of carbonyl (C=O) groups is 1. The SMILES string of the molecule is Cc1cc(F)ccc1NCNC=O. The van der Waals surface area contributed by atoms with Gasteiger partial charge >= 0.3 is 0 Å². The Labute approximate surface area is 76.0 Å². The maximum atomic E-state index is 12.6. The number of amides is 1. The minimum absolute atomic E-state index is 0.258. The van der Waals surface area contributed by atoms with Gasteiger partial charge in [-0.15, -0.1) is 0 Å². The minimum Gasteiger partial charge on any atom is -0.368 e. The van der Waals surface area contributed by atoms with Gasteiger partial charge in [-0.25, -0.2) is 4.39 Å². The molecule has 0 bridgehead atoms. The molecule has 70 valence electrons. The van der Waals surface area contributed by atoms with Crippen molar-refractivity contribution in [2.24, 2.45) is 0 Å². The predicted octanol–water partition coefficient (Wildman–Crippen LogP) is 1.25. The average Bonchev–Trinajstić information content (AvgIpc) is 2.09. The maximum Gasteiger partial charge on any atom is 0.208 e. The number of halogens is 1. The molecule has 2 N–H and O–H groups in total. The molecule has 0 aliphatic rings. The second-order valence-electron chi connectivity index (χ2n) is 2.63. The van der Waals surface area contributed by atoms with Crippen LogP contribution in [0.2, 0.25) is 0 Å². The highest BCUT2D eigenvalue weighted by molar-refractivity contribution is 5.52. The van der Waals surface area contributed by atoms with E-state index in [4.69, 9.17) is 0 Å². The summed E-state index contributed by atoms with van der Waals surface area (Å²) in [5, 5.41) is 5.39. The highest BCUT2D eigenvalue weighted by atomic mass is 19.1. The van der Waals surface area contributed by atoms with Gasteiger partial charge in [0.05, 0.1) is 6.67 Å². The molecular weight excluding hydrogens is 171 g/mol. The lowest BCUT2D eigenvalue weighted by Crippen LogP contribution is -2.20. The largest absolute Gasteiger partial charge is 0.368 e. The number of hydrogen-bond acceptors (Lipinski definition) is 2. The molecule has 1 aromatic carbocycles. The molecule has 0 fully saturated rings. The number of rotatable bonds is 4. The molecule has 4 heteroatoms. The summed E-state index contributed by atoms with van der Waals surface area (Å²) < 4.78 is 12.6. The van der Waals surface area contributed by atoms with Crippen LogP contribution in [0.1, 0.15) is 5.56 Å². The van der Waals surface area contributed by atoms with Gasteiger partial charge in [0.15, 0.2) is 0 Å². The molecule has 0 heterocycles. The van der Waals surface area contributed by atoms with Crippen molar-refractivity contribution in [3.63, 3.8) is 0 Å². The average molecular weight is 182 g/mol. The summed E-state index contributed by atoms with van der Waals surface area (Å²) in [6.07, 6.45) is 0.603. The normalized spacial score (nSPS) is 9.38. The van der Waals surface area contributed by atoms with Crippen molar-refractivity contribution in [2.75, 3.05) is 12.0 Å². The molecule has 0 spiro atoms. The molecule has 0 aliphatic heterocycles. The molecule has 13 heavy (non-hydrogen) atoms. The Kier molecular flexibility index (Phi) is 3.25. The van der Waals surface area contributed by atoms with Crippen molar-refractivity contribution in [1.82, 2.24) is 5.32 Å². The van der Waals surface area contributed by atoms with Crippen LogP contribution in [-0.2, 0) is 4.79 Å². The third kappa shape index (κ3) is 2.74. The molecule has 0 aromatic heterocycles. The van der Waals surface area contributed by atoms with E-state index in [1.807, 2.05) is 0 Å². The fraction of sp³-hybridized carbons (Fsp3) is 0.222. The van der Waals surface area contributed by atoms with Crippen LogP contribution in [0.5, 0.6) is 0 Å². The first-order chi connectivity index (χ1) is 6.24. The molecule has 3 nitrogen and oxygen atoms in total. The van der Waals surface area contributed by atoms with Crippen LogP contribution in [-0.4, -0.2) is 13.1 Å². The highest BCUT2D eigenvalue weighted by Gasteiger charge is 1.97. The van der Waals surface area contributed by atoms with Crippen molar-refractivity contribution < 1.29 is 9.18 Å². The molecule has 0 atom stereocenters. The zero-order valence-corrected chi connectivity index (χ0v) is 7.30. The highest BCUT2D eigenvalue weighted by Crippen LogP contribution is 2.14. The molecule has 0 radical (unpaired) electrons. The molecule has 0 saturated carbocycles. The van der Waals surface area contributed by atoms with E-state index in [0.717, 1.165) is 11.3 Å². The molecular formula is C9H11FN2O. The monoisotopic (exact) mass is 182 g/mol. The first kappa shape index (κ1) is 9.51. The van der Waals surface area contributed by atoms with Crippen LogP contribution in [0.15, 0.2) is 18.2 Å². The smallest absolute Gasteiger partial charge is 0.208 e. The van der Waals surface area contributed by atoms with Gasteiger partial charge in [0, 0.05) is 5.69 Å². The number of aryl methyl sites for hydroxylation is 1. The Bertz CT molecular complexity index is 302. The second kappa shape index (κ2) is 4.45. The lowest BCUT2D eigenvalue weighted by molar-refractivity contribution is -0.109. The molecule has 0 unspecified atom stereocenters. The summed E-state index contributed by atoms with van der Waals surface area (Å²) >= 11 is 0. The van der Waals surface area contributed by atoms with Crippen molar-refractivity contribution in [1.29, 1.82) is 0 Å². The van der Waals surface area contributed by atoms with Gasteiger partial charge in [-0.05, 0) is 30.7 Å². The number of hydrogen-bond donors (Lipinski definition) is 2. The van der Waals surface area contributed by atoms with Crippen LogP contribution in [0, 0.1) is 12.7 Å². The van der Waals surface area contributed by atoms with E-state index in [1.54, 1.807) is 13.0 Å². The number of anilines is 1. The molecule has 1 rings (SSSR count). The maximum absolute atomic E-state index is 12.6. The van der Waals surface area contributed by atoms with Gasteiger partial charge in [-0.2, -0.15) is 0 Å². The van der Waals surface area contributed by atoms with Crippen LogP contribution in [0.25, 0.3) is 0 Å². The quantitative estimate of drug-likeness (QED) is 0.418. The summed E-state index contributed by atoms with van der Waals surface area (Å²) in [4.78, 5) is 9.92. The summed E-state index contributed by atoms with van der Waals surface area (Å²) in [6, 6.07) is 4.44. The van der Waals surface area contributed by atoms with Crippen LogP contribution in [0.3, 0.4) is 0 Å². The van der Waals surface area contributed by atoms with Crippen molar-refractivity contribution in [2.45, 2.75) is 6.92 Å². The Hall–Kier alpha value is -1.58. The standard InChI is InChI=1S/C9H11FN2O/c1-7-4-8(10)2-3-9(7)12-5-11-6-13/h2-4,6,12H,5H2,1H3,(H,11,13). The Morgan fingerprint density at radius 1 is 1.54 bits per heavy atom. The summed E-state index contributed by atoms with van der Waals surface area (Å²) in [5.41, 5.74) is 1.63. The van der Waals surface area contributed by atoms with Crippen LogP contribution < -0.4 is 10.6 Å². The van der Waals surface area contributed by atoms with Crippen LogP contribution in [0.4, 0.5) is 10.1 Å². The summed E-state index contributed by atoms with van der Waals surface area (Å²) in [5.74, 6) is -0.258. The van der Waals surface area contributed by atoms with E-state index in [9.17, 15) is 9.18 Å². The Morgan fingerprint density at radius 3 is 2.92 bits per heavy atom. The number of nitrogens with one attached hydrogen (secondary N) is 2.